The minimum Gasteiger partial charge on any atom is -0.477 e. The van der Waals surface area contributed by atoms with E-state index in [0.717, 1.165) is 46.4 Å². The first kappa shape index (κ1) is 22.9. The van der Waals surface area contributed by atoms with Crippen molar-refractivity contribution in [3.63, 3.8) is 0 Å². The van der Waals surface area contributed by atoms with Gasteiger partial charge in [0.05, 0.1) is 6.54 Å². The van der Waals surface area contributed by atoms with E-state index in [1.165, 1.54) is 11.3 Å². The second-order valence-corrected chi connectivity index (χ2v) is 9.58. The molecule has 0 bridgehead atoms. The van der Waals surface area contributed by atoms with E-state index in [1.54, 1.807) is 4.57 Å². The van der Waals surface area contributed by atoms with Gasteiger partial charge < -0.3 is 9.67 Å². The van der Waals surface area contributed by atoms with Crippen LogP contribution in [-0.2, 0) is 17.8 Å². The summed E-state index contributed by atoms with van der Waals surface area (Å²) in [6, 6.07) is 15.7. The third-order valence-electron chi connectivity index (χ3n) is 5.92. The summed E-state index contributed by atoms with van der Waals surface area (Å²) in [4.78, 5) is 30.1. The number of aromatic carboxylic acids is 1. The Balaban J connectivity index is 1.50. The average molecular weight is 489 g/mol. The van der Waals surface area contributed by atoms with Gasteiger partial charge >= 0.3 is 5.97 Å². The number of hydrogen-bond donors (Lipinski definition) is 2. The van der Waals surface area contributed by atoms with Gasteiger partial charge in [-0.25, -0.2) is 9.89 Å². The lowest BCUT2D eigenvalue weighted by molar-refractivity contribution is -0.119. The number of nitrogens with one attached hydrogen (secondary N) is 1. The summed E-state index contributed by atoms with van der Waals surface area (Å²) in [5, 5.41) is 24.1. The van der Waals surface area contributed by atoms with E-state index in [-0.39, 0.29) is 17.5 Å². The van der Waals surface area contributed by atoms with Crippen LogP contribution >= 0.6 is 11.3 Å². The molecule has 10 heteroatoms. The van der Waals surface area contributed by atoms with Gasteiger partial charge in [-0.15, -0.1) is 16.4 Å². The molecule has 0 atom stereocenters. The fraction of sp³-hybridized carbons (Fsp3) is 0.280. The zero-order valence-corrected chi connectivity index (χ0v) is 20.0. The van der Waals surface area contributed by atoms with Gasteiger partial charge in [-0.05, 0) is 46.4 Å². The number of rotatable bonds is 8. The summed E-state index contributed by atoms with van der Waals surface area (Å²) in [6.07, 6.45) is 3.15. The molecule has 1 fully saturated rings. The SMILES string of the molecule is CCCc1sc(=NC(=O)C2CC2)n(Cc2ccc(-c3ccccc3-c3nnn[nH]3)cc2)c1C(=O)O. The van der Waals surface area contributed by atoms with Crippen LogP contribution in [-0.4, -0.2) is 42.2 Å². The summed E-state index contributed by atoms with van der Waals surface area (Å²) < 4.78 is 1.67. The molecule has 1 saturated carbocycles. The highest BCUT2D eigenvalue weighted by Gasteiger charge is 2.30. The summed E-state index contributed by atoms with van der Waals surface area (Å²) in [5.41, 5.74) is 3.97. The third kappa shape index (κ3) is 4.83. The van der Waals surface area contributed by atoms with Crippen molar-refractivity contribution < 1.29 is 14.7 Å². The van der Waals surface area contributed by atoms with Gasteiger partial charge in [-0.2, -0.15) is 4.99 Å². The third-order valence-corrected chi connectivity index (χ3v) is 7.06. The van der Waals surface area contributed by atoms with E-state index in [4.69, 9.17) is 0 Å². The molecule has 0 radical (unpaired) electrons. The van der Waals surface area contributed by atoms with Crippen LogP contribution in [0.5, 0.6) is 0 Å². The largest absolute Gasteiger partial charge is 0.477 e. The second kappa shape index (κ2) is 9.75. The standard InChI is InChI=1S/C25H24N6O3S/c1-2-5-20-21(24(33)34)31(25(35-20)26-23(32)17-12-13-17)14-15-8-10-16(11-9-15)18-6-3-4-7-19(18)22-27-29-30-28-22/h3-4,6-11,17H,2,5,12-14H2,1H3,(H,33,34)(H,27,28,29,30). The van der Waals surface area contributed by atoms with Gasteiger partial charge in [0.2, 0.25) is 0 Å². The maximum atomic E-state index is 12.4. The van der Waals surface area contributed by atoms with Crippen LogP contribution in [0, 0.1) is 5.92 Å². The van der Waals surface area contributed by atoms with E-state index in [2.05, 4.69) is 25.6 Å². The Labute approximate surface area is 205 Å². The van der Waals surface area contributed by atoms with Crippen LogP contribution in [0.3, 0.4) is 0 Å². The number of amides is 1. The van der Waals surface area contributed by atoms with E-state index < -0.39 is 5.97 Å². The first-order chi connectivity index (χ1) is 17.0. The molecule has 0 spiro atoms. The second-order valence-electron chi connectivity index (χ2n) is 8.51. The van der Waals surface area contributed by atoms with Gasteiger partial charge in [0.15, 0.2) is 10.6 Å². The zero-order valence-electron chi connectivity index (χ0n) is 19.1. The molecule has 2 aromatic carbocycles. The molecular formula is C25H24N6O3S. The van der Waals surface area contributed by atoms with Crippen molar-refractivity contribution in [1.29, 1.82) is 0 Å². The van der Waals surface area contributed by atoms with Crippen molar-refractivity contribution >= 4 is 23.2 Å². The molecule has 5 rings (SSSR count). The molecule has 9 nitrogen and oxygen atoms in total. The monoisotopic (exact) mass is 488 g/mol. The smallest absolute Gasteiger partial charge is 0.353 e. The number of H-pyrrole nitrogens is 1. The number of aromatic nitrogens is 5. The number of carbonyl (C=O) groups excluding carboxylic acids is 1. The molecule has 1 amide bonds. The maximum Gasteiger partial charge on any atom is 0.353 e. The van der Waals surface area contributed by atoms with Gasteiger partial charge in [0, 0.05) is 16.4 Å². The zero-order chi connectivity index (χ0) is 24.4. The fourth-order valence-electron chi connectivity index (χ4n) is 4.02. The van der Waals surface area contributed by atoms with Crippen molar-refractivity contribution in [2.24, 2.45) is 10.9 Å². The number of hydrogen-bond acceptors (Lipinski definition) is 6. The number of benzene rings is 2. The predicted octanol–water partition coefficient (Wildman–Crippen LogP) is 3.93. The quantitative estimate of drug-likeness (QED) is 0.387. The summed E-state index contributed by atoms with van der Waals surface area (Å²) in [6.45, 7) is 2.32. The molecule has 4 aromatic rings. The van der Waals surface area contributed by atoms with Crippen molar-refractivity contribution in [2.75, 3.05) is 0 Å². The fourth-order valence-corrected chi connectivity index (χ4v) is 5.25. The topological polar surface area (TPSA) is 126 Å². The average Bonchev–Trinajstić information content (AvgIpc) is 3.47. The Hall–Kier alpha value is -3.92. The van der Waals surface area contributed by atoms with Crippen molar-refractivity contribution in [3.05, 3.63) is 69.5 Å². The number of aromatic amines is 1. The first-order valence-electron chi connectivity index (χ1n) is 11.5. The normalized spacial score (nSPS) is 13.8. The van der Waals surface area contributed by atoms with Gasteiger partial charge in [0.25, 0.3) is 5.91 Å². The first-order valence-corrected chi connectivity index (χ1v) is 12.3. The van der Waals surface area contributed by atoms with E-state index in [9.17, 15) is 14.7 Å². The number of carbonyl (C=O) groups is 2. The number of thiazole rings is 1. The Kier molecular flexibility index (Phi) is 6.37. The van der Waals surface area contributed by atoms with Crippen LogP contribution in [0.1, 0.15) is 47.1 Å². The minimum absolute atomic E-state index is 0.0210. The molecule has 0 aliphatic heterocycles. The minimum atomic E-state index is -1.00. The van der Waals surface area contributed by atoms with E-state index >= 15 is 0 Å². The van der Waals surface area contributed by atoms with Crippen molar-refractivity contribution in [2.45, 2.75) is 39.2 Å². The number of aryl methyl sites for hydroxylation is 1. The van der Waals surface area contributed by atoms with Crippen LogP contribution < -0.4 is 4.80 Å². The molecule has 2 heterocycles. The van der Waals surface area contributed by atoms with Gasteiger partial charge in [0.1, 0.15) is 5.69 Å². The highest BCUT2D eigenvalue weighted by atomic mass is 32.1. The number of carboxylic acid groups (broad SMARTS) is 1. The molecule has 2 N–H and O–H groups in total. The lowest BCUT2D eigenvalue weighted by Crippen LogP contribution is -2.22. The number of nitrogens with zero attached hydrogens (tertiary/aromatic N) is 5. The highest BCUT2D eigenvalue weighted by Crippen LogP contribution is 2.31. The van der Waals surface area contributed by atoms with Crippen LogP contribution in [0.15, 0.2) is 53.5 Å². The molecule has 0 unspecified atom stereocenters. The van der Waals surface area contributed by atoms with Gasteiger partial charge in [-0.1, -0.05) is 61.9 Å². The Bertz CT molecular complexity index is 1430. The molecule has 178 valence electrons. The molecule has 0 saturated heterocycles. The Morgan fingerprint density at radius 2 is 1.89 bits per heavy atom. The molecule has 35 heavy (non-hydrogen) atoms. The lowest BCUT2D eigenvalue weighted by atomic mass is 9.98. The lowest BCUT2D eigenvalue weighted by Gasteiger charge is -2.10. The Morgan fingerprint density at radius 1 is 1.14 bits per heavy atom. The summed E-state index contributed by atoms with van der Waals surface area (Å²) >= 11 is 1.30. The molecular weight excluding hydrogens is 464 g/mol. The summed E-state index contributed by atoms with van der Waals surface area (Å²) in [7, 11) is 0. The van der Waals surface area contributed by atoms with E-state index in [1.807, 2.05) is 55.5 Å². The van der Waals surface area contributed by atoms with E-state index in [0.29, 0.717) is 23.6 Å². The predicted molar refractivity (Wildman–Crippen MR) is 131 cm³/mol. The Morgan fingerprint density at radius 3 is 2.51 bits per heavy atom. The van der Waals surface area contributed by atoms with Crippen LogP contribution in [0.25, 0.3) is 22.5 Å². The molecule has 1 aliphatic carbocycles. The molecule has 2 aromatic heterocycles. The number of tetrazole rings is 1. The summed E-state index contributed by atoms with van der Waals surface area (Å²) in [5.74, 6) is -0.600. The van der Waals surface area contributed by atoms with Crippen molar-refractivity contribution in [3.8, 4) is 22.5 Å². The maximum absolute atomic E-state index is 12.4. The van der Waals surface area contributed by atoms with Crippen LogP contribution in [0.2, 0.25) is 0 Å². The number of carboxylic acids is 1. The van der Waals surface area contributed by atoms with Gasteiger partial charge in [-0.3, -0.25) is 4.79 Å². The van der Waals surface area contributed by atoms with Crippen LogP contribution in [0.4, 0.5) is 0 Å². The highest BCUT2D eigenvalue weighted by molar-refractivity contribution is 7.09. The molecule has 1 aliphatic rings. The van der Waals surface area contributed by atoms with Crippen molar-refractivity contribution in [1.82, 2.24) is 25.2 Å².